The van der Waals surface area contributed by atoms with Crippen molar-refractivity contribution in [3.05, 3.63) is 0 Å². The molecule has 0 aliphatic rings. The van der Waals surface area contributed by atoms with Crippen molar-refractivity contribution in [1.29, 1.82) is 0 Å². The van der Waals surface area contributed by atoms with Gasteiger partial charge in [-0.1, -0.05) is 96.8 Å². The van der Waals surface area contributed by atoms with Gasteiger partial charge in [-0.3, -0.25) is 9.59 Å². The lowest BCUT2D eigenvalue weighted by Crippen LogP contribution is -2.52. The summed E-state index contributed by atoms with van der Waals surface area (Å²) in [5.74, 6) is -3.51. The third kappa shape index (κ3) is 13.1. The van der Waals surface area contributed by atoms with Crippen LogP contribution in [0.5, 0.6) is 0 Å². The number of carboxylic acid groups (broad SMARTS) is 1. The highest BCUT2D eigenvalue weighted by atomic mass is 16.4. The minimum Gasteiger partial charge on any atom is -0.479 e. The van der Waals surface area contributed by atoms with Crippen LogP contribution in [0.3, 0.4) is 0 Å². The fourth-order valence-electron chi connectivity index (χ4n) is 3.68. The van der Waals surface area contributed by atoms with E-state index >= 15 is 0 Å². The second-order valence-electron chi connectivity index (χ2n) is 8.62. The van der Waals surface area contributed by atoms with Crippen LogP contribution in [-0.4, -0.2) is 44.6 Å². The largest absolute Gasteiger partial charge is 0.479 e. The first kappa shape index (κ1) is 28.7. The summed E-state index contributed by atoms with van der Waals surface area (Å²) in [6, 6.07) is 0. The molecule has 0 rings (SSSR count). The molecular formula is C24H44O6. The van der Waals surface area contributed by atoms with E-state index < -0.39 is 35.7 Å². The number of carbonyl (C=O) groups is 3. The molecule has 3 N–H and O–H groups in total. The Balaban J connectivity index is 3.67. The van der Waals surface area contributed by atoms with Crippen molar-refractivity contribution in [3.8, 4) is 0 Å². The lowest BCUT2D eigenvalue weighted by molar-refractivity contribution is -0.171. The maximum Gasteiger partial charge on any atom is 0.344 e. The molecule has 0 aliphatic heterocycles. The fourth-order valence-corrected chi connectivity index (χ4v) is 3.68. The van der Waals surface area contributed by atoms with E-state index in [0.29, 0.717) is 6.42 Å². The smallest absolute Gasteiger partial charge is 0.344 e. The van der Waals surface area contributed by atoms with Crippen molar-refractivity contribution in [2.24, 2.45) is 0 Å². The number of aliphatic hydroxyl groups excluding tert-OH is 1. The molecule has 0 aromatic heterocycles. The maximum absolute atomic E-state index is 12.0. The van der Waals surface area contributed by atoms with Crippen LogP contribution >= 0.6 is 0 Å². The lowest BCUT2D eigenvalue weighted by atomic mass is 9.88. The summed E-state index contributed by atoms with van der Waals surface area (Å²) in [6.45, 7) is 3.32. The zero-order valence-electron chi connectivity index (χ0n) is 19.2. The molecule has 0 saturated carbocycles. The van der Waals surface area contributed by atoms with Gasteiger partial charge in [0.25, 0.3) is 0 Å². The molecule has 30 heavy (non-hydrogen) atoms. The Labute approximate surface area is 182 Å². The van der Waals surface area contributed by atoms with Gasteiger partial charge in [0.1, 0.15) is 11.9 Å². The number of carboxylic acids is 1. The number of Topliss-reactive ketones (excluding diaryl/α,β-unsaturated/α-hetero) is 2. The number of ketones is 2. The molecule has 0 bridgehead atoms. The molecule has 0 radical (unpaired) electrons. The van der Waals surface area contributed by atoms with Crippen LogP contribution in [0.25, 0.3) is 0 Å². The molecule has 176 valence electrons. The Hall–Kier alpha value is -1.27. The molecule has 2 unspecified atom stereocenters. The summed E-state index contributed by atoms with van der Waals surface area (Å²) in [5.41, 5.74) is -2.83. The molecule has 0 aliphatic carbocycles. The van der Waals surface area contributed by atoms with Crippen LogP contribution in [-0.2, 0) is 14.4 Å². The fraction of sp³-hybridized carbons (Fsp3) is 0.875. The van der Waals surface area contributed by atoms with E-state index in [1.54, 1.807) is 0 Å². The van der Waals surface area contributed by atoms with Crippen molar-refractivity contribution < 1.29 is 29.7 Å². The van der Waals surface area contributed by atoms with Crippen LogP contribution in [0.1, 0.15) is 123 Å². The van der Waals surface area contributed by atoms with Crippen molar-refractivity contribution >= 4 is 17.5 Å². The van der Waals surface area contributed by atoms with E-state index in [4.69, 9.17) is 5.11 Å². The number of carbonyl (C=O) groups excluding carboxylic acids is 2. The van der Waals surface area contributed by atoms with Crippen LogP contribution in [0.4, 0.5) is 0 Å². The van der Waals surface area contributed by atoms with Gasteiger partial charge in [0.15, 0.2) is 0 Å². The van der Waals surface area contributed by atoms with Gasteiger partial charge in [0.05, 0.1) is 6.42 Å². The van der Waals surface area contributed by atoms with Crippen molar-refractivity contribution in [2.75, 3.05) is 0 Å². The maximum atomic E-state index is 12.0. The van der Waals surface area contributed by atoms with Gasteiger partial charge in [0.2, 0.25) is 11.4 Å². The van der Waals surface area contributed by atoms with Gasteiger partial charge < -0.3 is 15.3 Å². The van der Waals surface area contributed by atoms with Crippen molar-refractivity contribution in [1.82, 2.24) is 0 Å². The number of hydrogen-bond acceptors (Lipinski definition) is 5. The molecule has 2 atom stereocenters. The molecule has 0 aromatic rings. The Morgan fingerprint density at radius 3 is 1.43 bits per heavy atom. The Morgan fingerprint density at radius 1 is 0.733 bits per heavy atom. The molecule has 6 heteroatoms. The van der Waals surface area contributed by atoms with Crippen LogP contribution in [0.15, 0.2) is 0 Å². The SMILES string of the molecule is CCCCCCCCCCCCCCCCCC(=O)CC(O)(C(=O)O)C(=O)C(C)O. The van der Waals surface area contributed by atoms with E-state index in [2.05, 4.69) is 6.92 Å². The van der Waals surface area contributed by atoms with Crippen LogP contribution in [0.2, 0.25) is 0 Å². The average Bonchev–Trinajstić information content (AvgIpc) is 2.69. The van der Waals surface area contributed by atoms with E-state index in [-0.39, 0.29) is 6.42 Å². The quantitative estimate of drug-likeness (QED) is 0.176. The standard InChI is InChI=1S/C24H44O6/c1-3-4-5-6-7-8-9-10-11-12-13-14-15-16-17-18-21(26)19-24(30,23(28)29)22(27)20(2)25/h20,25,30H,3-19H2,1-2H3,(H,28,29). The third-order valence-electron chi connectivity index (χ3n) is 5.65. The van der Waals surface area contributed by atoms with Gasteiger partial charge in [0, 0.05) is 6.42 Å². The molecule has 0 saturated heterocycles. The normalized spacial score (nSPS) is 14.3. The molecule has 0 fully saturated rings. The number of aliphatic hydroxyl groups is 2. The Morgan fingerprint density at radius 2 is 1.10 bits per heavy atom. The highest BCUT2D eigenvalue weighted by Gasteiger charge is 2.47. The monoisotopic (exact) mass is 428 g/mol. The second-order valence-corrected chi connectivity index (χ2v) is 8.62. The first-order chi connectivity index (χ1) is 14.3. The summed E-state index contributed by atoms with van der Waals surface area (Å²) >= 11 is 0. The van der Waals surface area contributed by atoms with E-state index in [0.717, 1.165) is 26.2 Å². The first-order valence-electron chi connectivity index (χ1n) is 12.0. The Bertz CT molecular complexity index is 488. The van der Waals surface area contributed by atoms with Gasteiger partial charge in [-0.15, -0.1) is 0 Å². The minimum atomic E-state index is -2.83. The Kier molecular flexibility index (Phi) is 16.7. The second kappa shape index (κ2) is 17.4. The number of hydrogen-bond donors (Lipinski definition) is 3. The predicted octanol–water partition coefficient (Wildman–Crippen LogP) is 4.97. The van der Waals surface area contributed by atoms with Crippen LogP contribution < -0.4 is 0 Å². The van der Waals surface area contributed by atoms with E-state index in [1.807, 2.05) is 0 Å². The first-order valence-corrected chi connectivity index (χ1v) is 12.0. The van der Waals surface area contributed by atoms with Gasteiger partial charge in [-0.05, 0) is 13.3 Å². The van der Waals surface area contributed by atoms with E-state index in [9.17, 15) is 24.6 Å². The summed E-state index contributed by atoms with van der Waals surface area (Å²) < 4.78 is 0. The van der Waals surface area contributed by atoms with Crippen molar-refractivity contribution in [3.63, 3.8) is 0 Å². The topological polar surface area (TPSA) is 112 Å². The summed E-state index contributed by atoms with van der Waals surface area (Å²) in [4.78, 5) is 34.9. The number of unbranched alkanes of at least 4 members (excludes halogenated alkanes) is 14. The number of rotatable bonds is 21. The van der Waals surface area contributed by atoms with E-state index in [1.165, 1.54) is 70.6 Å². The molecule has 0 spiro atoms. The molecular weight excluding hydrogens is 384 g/mol. The summed E-state index contributed by atoms with van der Waals surface area (Å²) in [7, 11) is 0. The highest BCUT2D eigenvalue weighted by Crippen LogP contribution is 2.18. The summed E-state index contributed by atoms with van der Waals surface area (Å²) in [6.07, 6.45) is 15.9. The average molecular weight is 429 g/mol. The molecule has 0 amide bonds. The molecule has 0 heterocycles. The van der Waals surface area contributed by atoms with Crippen LogP contribution in [0, 0.1) is 0 Å². The summed E-state index contributed by atoms with van der Waals surface area (Å²) in [5, 5.41) is 28.3. The third-order valence-corrected chi connectivity index (χ3v) is 5.65. The zero-order valence-corrected chi connectivity index (χ0v) is 19.2. The van der Waals surface area contributed by atoms with Gasteiger partial charge in [-0.2, -0.15) is 0 Å². The minimum absolute atomic E-state index is 0.140. The van der Waals surface area contributed by atoms with Gasteiger partial charge in [-0.25, -0.2) is 4.79 Å². The van der Waals surface area contributed by atoms with Gasteiger partial charge >= 0.3 is 5.97 Å². The van der Waals surface area contributed by atoms with Crippen molar-refractivity contribution in [2.45, 2.75) is 135 Å². The molecule has 0 aromatic carbocycles. The molecule has 6 nitrogen and oxygen atoms in total. The zero-order chi connectivity index (χ0) is 22.8. The number of aliphatic carboxylic acids is 1. The highest BCUT2D eigenvalue weighted by molar-refractivity contribution is 6.10. The predicted molar refractivity (Wildman–Crippen MR) is 118 cm³/mol. The lowest BCUT2D eigenvalue weighted by Gasteiger charge is -2.22.